The zero-order valence-electron chi connectivity index (χ0n) is 25.2. The molecule has 0 bridgehead atoms. The maximum atomic E-state index is 14.3. The van der Waals surface area contributed by atoms with Crippen LogP contribution in [-0.4, -0.2) is 86.9 Å². The number of hydrogen-bond acceptors (Lipinski definition) is 10. The fourth-order valence-corrected chi connectivity index (χ4v) is 8.13. The zero-order chi connectivity index (χ0) is 31.9. The average molecular weight is 602 g/mol. The minimum atomic E-state index is -2.04. The Morgan fingerprint density at radius 2 is 1.66 bits per heavy atom. The number of nitrogens with two attached hydrogens (primary N) is 3. The van der Waals surface area contributed by atoms with Crippen LogP contribution < -0.4 is 17.2 Å². The average Bonchev–Trinajstić information content (AvgIpc) is 3.44. The number of fused-ring (bicyclic) bond motifs is 3. The van der Waals surface area contributed by atoms with E-state index in [1.807, 2.05) is 12.1 Å². The summed E-state index contributed by atoms with van der Waals surface area (Å²) in [6.07, 6.45) is 2.19. The van der Waals surface area contributed by atoms with Gasteiger partial charge in [0.05, 0.1) is 28.3 Å². The van der Waals surface area contributed by atoms with E-state index in [-0.39, 0.29) is 29.7 Å². The van der Waals surface area contributed by atoms with Crippen molar-refractivity contribution in [1.29, 1.82) is 0 Å². The number of Topliss-reactive ketones (excluding diaryl/α,β-unsaturated/α-hetero) is 2. The number of amides is 1. The Kier molecular flexibility index (Phi) is 6.82. The minimum absolute atomic E-state index is 0.00323. The van der Waals surface area contributed by atoms with Gasteiger partial charge in [-0.3, -0.25) is 24.2 Å². The molecule has 0 spiro atoms. The quantitative estimate of drug-likeness (QED) is 0.275. The monoisotopic (exact) mass is 601 g/mol. The lowest BCUT2D eigenvalue weighted by Crippen LogP contribution is -2.77. The number of ketones is 2. The van der Waals surface area contributed by atoms with Crippen molar-refractivity contribution in [2.45, 2.75) is 56.3 Å². The number of likely N-dealkylation sites (tertiary alicyclic amines) is 1. The summed E-state index contributed by atoms with van der Waals surface area (Å²) in [6.45, 7) is 4.35. The van der Waals surface area contributed by atoms with Gasteiger partial charge in [-0.25, -0.2) is 0 Å². The van der Waals surface area contributed by atoms with E-state index >= 15 is 0 Å². The molecule has 3 aliphatic carbocycles. The van der Waals surface area contributed by atoms with Crippen LogP contribution in [0, 0.1) is 5.41 Å². The standard InChI is InChI=1S/C33H39N5O6/c1-31-28(42)23(30(34)44)26(41)27(37(2)3)33(31,36)16-32(35)14-20-19(10-11-21(39)22(20)25(40)24(32)29(31)43)18-8-6-17(7-9-18)15-38-12-4-5-13-38/h6-11,27,39,41,43H,4-5,12-16,35-36H2,1-3H3,(H2,34,44)/t27?,31?,32-,33-/m1/s1. The number of primary amides is 1. The molecule has 11 nitrogen and oxygen atoms in total. The van der Waals surface area contributed by atoms with E-state index in [1.54, 1.807) is 20.2 Å². The molecule has 6 rings (SSSR count). The Balaban J connectivity index is 1.50. The Hall–Kier alpha value is -4.03. The minimum Gasteiger partial charge on any atom is -0.511 e. The van der Waals surface area contributed by atoms with Gasteiger partial charge in [0, 0.05) is 6.54 Å². The second-order valence-corrected chi connectivity index (χ2v) is 13.2. The van der Waals surface area contributed by atoms with Crippen LogP contribution in [0.5, 0.6) is 5.75 Å². The summed E-state index contributed by atoms with van der Waals surface area (Å²) in [7, 11) is 3.21. The molecule has 4 atom stereocenters. The number of phenols is 1. The van der Waals surface area contributed by atoms with Crippen molar-refractivity contribution in [2.75, 3.05) is 27.2 Å². The van der Waals surface area contributed by atoms with Crippen LogP contribution in [0.1, 0.15) is 47.7 Å². The van der Waals surface area contributed by atoms with Crippen LogP contribution in [0.25, 0.3) is 11.1 Å². The lowest BCUT2D eigenvalue weighted by Gasteiger charge is -2.60. The first-order valence-corrected chi connectivity index (χ1v) is 14.8. The zero-order valence-corrected chi connectivity index (χ0v) is 25.2. The summed E-state index contributed by atoms with van der Waals surface area (Å²) in [4.78, 5) is 44.4. The maximum absolute atomic E-state index is 14.3. The summed E-state index contributed by atoms with van der Waals surface area (Å²) >= 11 is 0. The molecule has 2 unspecified atom stereocenters. The third-order valence-electron chi connectivity index (χ3n) is 10.3. The van der Waals surface area contributed by atoms with Crippen molar-refractivity contribution in [3.63, 3.8) is 0 Å². The number of benzene rings is 2. The van der Waals surface area contributed by atoms with E-state index in [2.05, 4.69) is 17.0 Å². The molecule has 1 heterocycles. The van der Waals surface area contributed by atoms with Crippen molar-refractivity contribution in [3.05, 3.63) is 75.8 Å². The second-order valence-electron chi connectivity index (χ2n) is 13.2. The highest BCUT2D eigenvalue weighted by Gasteiger charge is 2.70. The Bertz CT molecular complexity index is 1670. The molecule has 1 saturated heterocycles. The van der Waals surface area contributed by atoms with Gasteiger partial charge in [-0.05, 0) is 88.1 Å². The summed E-state index contributed by atoms with van der Waals surface area (Å²) < 4.78 is 0. The lowest BCUT2D eigenvalue weighted by atomic mass is 9.48. The molecule has 0 saturated carbocycles. The maximum Gasteiger partial charge on any atom is 0.255 e. The normalized spacial score (nSPS) is 30.5. The fraction of sp³-hybridized carbons (Fsp3) is 0.424. The summed E-state index contributed by atoms with van der Waals surface area (Å²) in [5.74, 6) is -4.49. The molecular formula is C33H39N5O6. The first kappa shape index (κ1) is 30.0. The van der Waals surface area contributed by atoms with Crippen molar-refractivity contribution in [3.8, 4) is 16.9 Å². The predicted octanol–water partition coefficient (Wildman–Crippen LogP) is 1.82. The van der Waals surface area contributed by atoms with Gasteiger partial charge in [0.2, 0.25) is 0 Å². The number of aliphatic hydroxyl groups is 2. The molecule has 2 aromatic carbocycles. The van der Waals surface area contributed by atoms with Gasteiger partial charge < -0.3 is 32.5 Å². The highest BCUT2D eigenvalue weighted by atomic mass is 16.3. The SMILES string of the molecule is CN(C)C1C(O)=C(C(N)=O)C(=O)C2(C)C(O)=C3C(=O)c4c(O)ccc(-c5ccc(CN6CCCC6)cc5)c4C[C@@]3(N)C[C@@]12N. The summed E-state index contributed by atoms with van der Waals surface area (Å²) in [6, 6.07) is 10.1. The van der Waals surface area contributed by atoms with Gasteiger partial charge in [0.1, 0.15) is 28.3 Å². The largest absolute Gasteiger partial charge is 0.511 e. The topological polar surface area (TPSA) is 196 Å². The third-order valence-corrected chi connectivity index (χ3v) is 10.3. The molecule has 11 heteroatoms. The van der Waals surface area contributed by atoms with Crippen molar-refractivity contribution in [2.24, 2.45) is 22.6 Å². The third kappa shape index (κ3) is 4.00. The molecule has 44 heavy (non-hydrogen) atoms. The van der Waals surface area contributed by atoms with Crippen LogP contribution in [0.2, 0.25) is 0 Å². The van der Waals surface area contributed by atoms with E-state index in [0.717, 1.165) is 25.2 Å². The number of nitrogens with zero attached hydrogens (tertiary/aromatic N) is 2. The number of aromatic hydroxyl groups is 1. The van der Waals surface area contributed by atoms with E-state index < -0.39 is 57.1 Å². The highest BCUT2D eigenvalue weighted by molar-refractivity contribution is 6.24. The van der Waals surface area contributed by atoms with E-state index in [4.69, 9.17) is 17.2 Å². The summed E-state index contributed by atoms with van der Waals surface area (Å²) in [5, 5.41) is 34.0. The molecule has 0 radical (unpaired) electrons. The van der Waals surface area contributed by atoms with Gasteiger partial charge in [-0.2, -0.15) is 0 Å². The van der Waals surface area contributed by atoms with Gasteiger partial charge in [-0.15, -0.1) is 0 Å². The molecule has 1 amide bonds. The van der Waals surface area contributed by atoms with Crippen LogP contribution >= 0.6 is 0 Å². The number of hydrogen-bond donors (Lipinski definition) is 6. The Morgan fingerprint density at radius 1 is 1.02 bits per heavy atom. The molecule has 9 N–H and O–H groups in total. The first-order chi connectivity index (χ1) is 20.7. The molecule has 232 valence electrons. The van der Waals surface area contributed by atoms with E-state index in [1.165, 1.54) is 36.3 Å². The number of carbonyl (C=O) groups excluding carboxylic acids is 3. The van der Waals surface area contributed by atoms with Crippen molar-refractivity contribution < 1.29 is 29.7 Å². The number of aliphatic hydroxyl groups excluding tert-OH is 2. The molecule has 1 fully saturated rings. The number of carbonyl (C=O) groups is 3. The highest BCUT2D eigenvalue weighted by Crippen LogP contribution is 2.58. The lowest BCUT2D eigenvalue weighted by molar-refractivity contribution is -0.136. The molecule has 1 aliphatic heterocycles. The van der Waals surface area contributed by atoms with Gasteiger partial charge in [-0.1, -0.05) is 30.3 Å². The van der Waals surface area contributed by atoms with Crippen LogP contribution in [-0.2, 0) is 22.6 Å². The smallest absolute Gasteiger partial charge is 0.255 e. The van der Waals surface area contributed by atoms with Crippen molar-refractivity contribution in [1.82, 2.24) is 9.80 Å². The number of phenolic OH excluding ortho intramolecular Hbond substituents is 1. The summed E-state index contributed by atoms with van der Waals surface area (Å²) in [5.41, 5.74) is 16.5. The van der Waals surface area contributed by atoms with Gasteiger partial charge >= 0.3 is 0 Å². The molecule has 4 aliphatic rings. The first-order valence-electron chi connectivity index (χ1n) is 14.8. The predicted molar refractivity (Wildman–Crippen MR) is 164 cm³/mol. The van der Waals surface area contributed by atoms with Crippen LogP contribution in [0.15, 0.2) is 59.1 Å². The second kappa shape index (κ2) is 10.00. The van der Waals surface area contributed by atoms with Crippen LogP contribution in [0.4, 0.5) is 0 Å². The van der Waals surface area contributed by atoms with Gasteiger partial charge in [0.15, 0.2) is 11.6 Å². The van der Waals surface area contributed by atoms with Crippen LogP contribution in [0.3, 0.4) is 0 Å². The molecule has 2 aromatic rings. The Morgan fingerprint density at radius 3 is 2.25 bits per heavy atom. The Labute approximate surface area is 255 Å². The van der Waals surface area contributed by atoms with Crippen molar-refractivity contribution >= 4 is 17.5 Å². The molecular weight excluding hydrogens is 562 g/mol. The fourth-order valence-electron chi connectivity index (χ4n) is 8.13. The number of rotatable bonds is 5. The van der Waals surface area contributed by atoms with Gasteiger partial charge in [0.25, 0.3) is 5.91 Å². The van der Waals surface area contributed by atoms with E-state index in [9.17, 15) is 29.7 Å². The van der Waals surface area contributed by atoms with E-state index in [0.29, 0.717) is 11.1 Å². The number of likely N-dealkylation sites (N-methyl/N-ethyl adjacent to an activating group) is 1. The molecule has 0 aromatic heterocycles.